The second kappa shape index (κ2) is 8.48. The highest BCUT2D eigenvalue weighted by Crippen LogP contribution is 1.87. The van der Waals surface area contributed by atoms with Crippen LogP contribution in [0.25, 0.3) is 0 Å². The van der Waals surface area contributed by atoms with Gasteiger partial charge in [0.1, 0.15) is 18.1 Å². The van der Waals surface area contributed by atoms with E-state index >= 15 is 0 Å². The summed E-state index contributed by atoms with van der Waals surface area (Å²) in [5, 5.41) is 27.0. The van der Waals surface area contributed by atoms with Gasteiger partial charge in [-0.2, -0.15) is 0 Å². The summed E-state index contributed by atoms with van der Waals surface area (Å²) in [5.41, 5.74) is 4.84. The number of rotatable bonds is 5. The van der Waals surface area contributed by atoms with Gasteiger partial charge in [-0.05, 0) is 20.8 Å². The van der Waals surface area contributed by atoms with E-state index in [0.717, 1.165) is 0 Å². The zero-order chi connectivity index (χ0) is 14.2. The second-order valence-corrected chi connectivity index (χ2v) is 3.41. The van der Waals surface area contributed by atoms with Crippen LogP contribution in [-0.4, -0.2) is 51.4 Å². The number of carboxylic acid groups (broad SMARTS) is 3. The number of nitrogens with two attached hydrogens (primary N) is 1. The van der Waals surface area contributed by atoms with Gasteiger partial charge in [-0.25, -0.2) is 0 Å². The maximum atomic E-state index is 10.2. The molecular weight excluding hydrogens is 232 g/mol. The van der Waals surface area contributed by atoms with E-state index in [9.17, 15) is 14.4 Å². The van der Waals surface area contributed by atoms with Crippen molar-refractivity contribution in [1.82, 2.24) is 5.32 Å². The van der Waals surface area contributed by atoms with Crippen LogP contribution < -0.4 is 11.1 Å². The summed E-state index contributed by atoms with van der Waals surface area (Å²) < 4.78 is 0. The summed E-state index contributed by atoms with van der Waals surface area (Å²) in [4.78, 5) is 30.0. The van der Waals surface area contributed by atoms with Crippen molar-refractivity contribution < 1.29 is 29.7 Å². The molecule has 0 rings (SSSR count). The lowest BCUT2D eigenvalue weighted by atomic mass is 10.2. The fourth-order valence-electron chi connectivity index (χ4n) is 0.518. The third kappa shape index (κ3) is 10.6. The predicted molar refractivity (Wildman–Crippen MR) is 58.6 cm³/mol. The maximum Gasteiger partial charge on any atom is 0.320 e. The quantitative estimate of drug-likeness (QED) is 0.414. The van der Waals surface area contributed by atoms with Crippen LogP contribution in [0.4, 0.5) is 0 Å². The fraction of sp³-hybridized carbons (Fsp3) is 0.667. The van der Waals surface area contributed by atoms with Gasteiger partial charge >= 0.3 is 17.9 Å². The summed E-state index contributed by atoms with van der Waals surface area (Å²) in [6, 6.07) is -2.40. The van der Waals surface area contributed by atoms with Gasteiger partial charge < -0.3 is 21.1 Å². The average Bonchev–Trinajstić information content (AvgIpc) is 2.17. The van der Waals surface area contributed by atoms with Crippen molar-refractivity contribution in [3.8, 4) is 0 Å². The van der Waals surface area contributed by atoms with Crippen molar-refractivity contribution in [2.45, 2.75) is 38.9 Å². The molecule has 6 N–H and O–H groups in total. The summed E-state index contributed by atoms with van der Waals surface area (Å²) >= 11 is 0. The lowest BCUT2D eigenvalue weighted by Gasteiger charge is -2.12. The zero-order valence-electron chi connectivity index (χ0n) is 9.88. The molecule has 0 aliphatic carbocycles. The van der Waals surface area contributed by atoms with Crippen LogP contribution in [0, 0.1) is 0 Å². The maximum absolute atomic E-state index is 10.2. The summed E-state index contributed by atoms with van der Waals surface area (Å²) in [6.07, 6.45) is 0. The summed E-state index contributed by atoms with van der Waals surface area (Å²) in [6.45, 7) is 4.20. The number of nitrogens with one attached hydrogen (secondary N) is 1. The van der Waals surface area contributed by atoms with Crippen molar-refractivity contribution in [3.05, 3.63) is 0 Å². The molecule has 0 fully saturated rings. The molecule has 0 bridgehead atoms. The van der Waals surface area contributed by atoms with E-state index in [1.165, 1.54) is 20.8 Å². The van der Waals surface area contributed by atoms with Crippen molar-refractivity contribution in [1.29, 1.82) is 0 Å². The van der Waals surface area contributed by atoms with Crippen molar-refractivity contribution in [3.63, 3.8) is 0 Å². The van der Waals surface area contributed by atoms with E-state index in [0.29, 0.717) is 0 Å². The minimum atomic E-state index is -1.06. The van der Waals surface area contributed by atoms with Gasteiger partial charge in [0.05, 0.1) is 0 Å². The Morgan fingerprint density at radius 2 is 1.12 bits per heavy atom. The van der Waals surface area contributed by atoms with E-state index in [2.05, 4.69) is 5.32 Å². The Morgan fingerprint density at radius 1 is 0.882 bits per heavy atom. The van der Waals surface area contributed by atoms with Crippen molar-refractivity contribution in [2.24, 2.45) is 5.73 Å². The van der Waals surface area contributed by atoms with Crippen LogP contribution in [0.1, 0.15) is 20.8 Å². The SMILES string of the molecule is CC(N)C(=O)O.CC(NC(C)C(=O)O)C(=O)O. The normalized spacial score (nSPS) is 14.8. The molecule has 0 radical (unpaired) electrons. The first-order valence-electron chi connectivity index (χ1n) is 4.79. The molecule has 0 aromatic carbocycles. The predicted octanol–water partition coefficient (Wildman–Crippen LogP) is -1.06. The lowest BCUT2D eigenvalue weighted by molar-refractivity contribution is -0.142. The van der Waals surface area contributed by atoms with Crippen LogP contribution in [0.15, 0.2) is 0 Å². The molecule has 17 heavy (non-hydrogen) atoms. The monoisotopic (exact) mass is 250 g/mol. The Hall–Kier alpha value is -1.67. The van der Waals surface area contributed by atoms with Gasteiger partial charge in [0.15, 0.2) is 0 Å². The molecule has 0 aromatic heterocycles. The second-order valence-electron chi connectivity index (χ2n) is 3.41. The van der Waals surface area contributed by atoms with Gasteiger partial charge in [0, 0.05) is 0 Å². The Morgan fingerprint density at radius 3 is 1.24 bits per heavy atom. The number of carbonyl (C=O) groups is 3. The minimum Gasteiger partial charge on any atom is -0.480 e. The number of carboxylic acids is 3. The minimum absolute atomic E-state index is 0.731. The first-order valence-corrected chi connectivity index (χ1v) is 4.79. The Bertz CT molecular complexity index is 261. The number of hydrogen-bond acceptors (Lipinski definition) is 5. The molecule has 8 nitrogen and oxygen atoms in total. The standard InChI is InChI=1S/C6H11NO4.C3H7NO2/c1-3(5(8)9)7-4(2)6(10)11;1-2(4)3(5)6/h3-4,7H,1-2H3,(H,8,9)(H,10,11);2H,4H2,1H3,(H,5,6). The van der Waals surface area contributed by atoms with E-state index in [1.54, 1.807) is 0 Å². The van der Waals surface area contributed by atoms with E-state index < -0.39 is 36.0 Å². The number of aliphatic carboxylic acids is 3. The van der Waals surface area contributed by atoms with Crippen molar-refractivity contribution in [2.75, 3.05) is 0 Å². The van der Waals surface area contributed by atoms with Crippen LogP contribution >= 0.6 is 0 Å². The number of hydrogen-bond donors (Lipinski definition) is 5. The Kier molecular flexibility index (Phi) is 8.84. The Balaban J connectivity index is 0. The molecule has 0 heterocycles. The van der Waals surface area contributed by atoms with E-state index in [1.807, 2.05) is 0 Å². The molecule has 0 aliphatic rings. The topological polar surface area (TPSA) is 150 Å². The van der Waals surface area contributed by atoms with Gasteiger partial charge in [-0.15, -0.1) is 0 Å². The first-order chi connectivity index (χ1) is 7.59. The highest BCUT2D eigenvalue weighted by atomic mass is 16.4. The molecular formula is C9H18N2O6. The molecule has 0 aromatic rings. The molecule has 3 unspecified atom stereocenters. The smallest absolute Gasteiger partial charge is 0.320 e. The largest absolute Gasteiger partial charge is 0.480 e. The summed E-state index contributed by atoms with van der Waals surface area (Å²) in [7, 11) is 0. The first kappa shape index (κ1) is 17.7. The summed E-state index contributed by atoms with van der Waals surface area (Å²) in [5.74, 6) is -3.08. The van der Waals surface area contributed by atoms with Crippen molar-refractivity contribution >= 4 is 17.9 Å². The van der Waals surface area contributed by atoms with Crippen LogP contribution in [-0.2, 0) is 14.4 Å². The zero-order valence-corrected chi connectivity index (χ0v) is 9.88. The van der Waals surface area contributed by atoms with E-state index in [-0.39, 0.29) is 0 Å². The molecule has 0 amide bonds. The molecule has 0 saturated carbocycles. The molecule has 3 atom stereocenters. The highest BCUT2D eigenvalue weighted by Gasteiger charge is 2.17. The third-order valence-electron chi connectivity index (χ3n) is 1.63. The molecule has 100 valence electrons. The Labute approximate surface area is 98.4 Å². The van der Waals surface area contributed by atoms with Crippen LogP contribution in [0.2, 0.25) is 0 Å². The van der Waals surface area contributed by atoms with E-state index in [4.69, 9.17) is 21.1 Å². The van der Waals surface area contributed by atoms with Gasteiger partial charge in [-0.1, -0.05) is 0 Å². The molecule has 0 spiro atoms. The van der Waals surface area contributed by atoms with Crippen LogP contribution in [0.5, 0.6) is 0 Å². The molecule has 8 heteroatoms. The molecule has 0 aliphatic heterocycles. The average molecular weight is 250 g/mol. The highest BCUT2D eigenvalue weighted by molar-refractivity contribution is 5.76. The lowest BCUT2D eigenvalue weighted by Crippen LogP contribution is -2.43. The van der Waals surface area contributed by atoms with Gasteiger partial charge in [-0.3, -0.25) is 19.7 Å². The van der Waals surface area contributed by atoms with Crippen LogP contribution in [0.3, 0.4) is 0 Å². The molecule has 0 saturated heterocycles. The third-order valence-corrected chi connectivity index (χ3v) is 1.63. The fourth-order valence-corrected chi connectivity index (χ4v) is 0.518. The van der Waals surface area contributed by atoms with Gasteiger partial charge in [0.25, 0.3) is 0 Å². The van der Waals surface area contributed by atoms with Gasteiger partial charge in [0.2, 0.25) is 0 Å².